The Morgan fingerprint density at radius 3 is 2.48 bits per heavy atom. The zero-order valence-electron chi connectivity index (χ0n) is 13.0. The Kier molecular flexibility index (Phi) is 5.35. The van der Waals surface area contributed by atoms with Gasteiger partial charge in [0.15, 0.2) is 0 Å². The molecule has 0 spiro atoms. The van der Waals surface area contributed by atoms with Gasteiger partial charge in [-0.25, -0.2) is 17.9 Å². The highest BCUT2D eigenvalue weighted by atomic mass is 32.2. The van der Waals surface area contributed by atoms with Crippen molar-refractivity contribution in [1.82, 2.24) is 19.8 Å². The molecular weight excluding hydrogens is 294 g/mol. The molecule has 1 aromatic heterocycles. The number of carbonyl (C=O) groups is 1. The summed E-state index contributed by atoms with van der Waals surface area (Å²) in [6.45, 7) is 6.12. The second-order valence-electron chi connectivity index (χ2n) is 5.69. The first-order valence-electron chi connectivity index (χ1n) is 6.56. The number of carbonyl (C=O) groups excluding carboxylic acids is 1. The monoisotopic (exact) mass is 317 g/mol. The van der Waals surface area contributed by atoms with Gasteiger partial charge in [0.25, 0.3) is 0 Å². The number of nitrogens with zero attached hydrogens (tertiary/aromatic N) is 2. The summed E-state index contributed by atoms with van der Waals surface area (Å²) in [5.74, 6) is 0.379. The Hall–Kier alpha value is -1.61. The van der Waals surface area contributed by atoms with Crippen LogP contribution >= 0.6 is 0 Å². The number of hydrogen-bond donors (Lipinski definition) is 3. The third kappa shape index (κ3) is 5.35. The van der Waals surface area contributed by atoms with Crippen LogP contribution in [-0.2, 0) is 22.5 Å². The predicted molar refractivity (Wildman–Crippen MR) is 81.8 cm³/mol. The number of urea groups is 1. The van der Waals surface area contributed by atoms with Crippen LogP contribution in [0.3, 0.4) is 0 Å². The van der Waals surface area contributed by atoms with Gasteiger partial charge in [-0.3, -0.25) is 10.00 Å². The second-order valence-corrected chi connectivity index (χ2v) is 7.74. The highest BCUT2D eigenvalue weighted by molar-refractivity contribution is 7.89. The van der Waals surface area contributed by atoms with E-state index >= 15 is 0 Å². The van der Waals surface area contributed by atoms with Gasteiger partial charge >= 0.3 is 6.03 Å². The molecule has 0 bridgehead atoms. The molecule has 3 N–H and O–H groups in total. The van der Waals surface area contributed by atoms with Crippen LogP contribution in [0.25, 0.3) is 0 Å². The van der Waals surface area contributed by atoms with Crippen LogP contribution in [0.5, 0.6) is 0 Å². The average Bonchev–Trinajstić information content (AvgIpc) is 2.70. The topological polar surface area (TPSA) is 105 Å². The SMILES string of the molecule is CNS(=O)(=O)CCNC(=O)Nc1cc(C(C)(C)C)nn1C. The van der Waals surface area contributed by atoms with Crippen LogP contribution < -0.4 is 15.4 Å². The van der Waals surface area contributed by atoms with Gasteiger partial charge < -0.3 is 5.32 Å². The lowest BCUT2D eigenvalue weighted by molar-refractivity contribution is 0.252. The van der Waals surface area contributed by atoms with E-state index in [0.29, 0.717) is 5.82 Å². The maximum Gasteiger partial charge on any atom is 0.320 e. The third-order valence-corrected chi connectivity index (χ3v) is 4.22. The molecule has 8 nitrogen and oxygen atoms in total. The molecule has 0 fully saturated rings. The van der Waals surface area contributed by atoms with Gasteiger partial charge in [-0.15, -0.1) is 0 Å². The van der Waals surface area contributed by atoms with E-state index in [1.165, 1.54) is 7.05 Å². The molecule has 2 amide bonds. The number of anilines is 1. The molecule has 1 heterocycles. The average molecular weight is 317 g/mol. The normalized spacial score (nSPS) is 12.2. The summed E-state index contributed by atoms with van der Waals surface area (Å²) in [5.41, 5.74) is 0.743. The number of nitrogens with one attached hydrogen (secondary N) is 3. The number of rotatable bonds is 5. The van der Waals surface area contributed by atoms with Crippen LogP contribution in [0.4, 0.5) is 10.6 Å². The molecule has 0 aliphatic rings. The first-order valence-corrected chi connectivity index (χ1v) is 8.21. The maximum atomic E-state index is 11.7. The Balaban J connectivity index is 2.58. The summed E-state index contributed by atoms with van der Waals surface area (Å²) in [6, 6.07) is 1.33. The number of aromatic nitrogens is 2. The fourth-order valence-electron chi connectivity index (χ4n) is 1.51. The van der Waals surface area contributed by atoms with Gasteiger partial charge in [0, 0.05) is 25.1 Å². The molecule has 0 saturated heterocycles. The molecule has 0 aliphatic heterocycles. The van der Waals surface area contributed by atoms with E-state index in [4.69, 9.17) is 0 Å². The summed E-state index contributed by atoms with van der Waals surface area (Å²) in [6.07, 6.45) is 0. The van der Waals surface area contributed by atoms with Crippen LogP contribution in [0, 0.1) is 0 Å². The van der Waals surface area contributed by atoms with Crippen molar-refractivity contribution < 1.29 is 13.2 Å². The smallest absolute Gasteiger partial charge is 0.320 e. The molecular formula is C12H23N5O3S. The second kappa shape index (κ2) is 6.44. The van der Waals surface area contributed by atoms with Crippen LogP contribution in [0.15, 0.2) is 6.07 Å². The lowest BCUT2D eigenvalue weighted by Crippen LogP contribution is -2.35. The van der Waals surface area contributed by atoms with E-state index in [0.717, 1.165) is 5.69 Å². The van der Waals surface area contributed by atoms with E-state index < -0.39 is 16.1 Å². The third-order valence-electron chi connectivity index (χ3n) is 2.86. The van der Waals surface area contributed by atoms with Gasteiger partial charge in [-0.1, -0.05) is 20.8 Å². The number of hydrogen-bond acceptors (Lipinski definition) is 4. The predicted octanol–water partition coefficient (Wildman–Crippen LogP) is 0.388. The van der Waals surface area contributed by atoms with Crippen molar-refractivity contribution >= 4 is 21.9 Å². The van der Waals surface area contributed by atoms with Crippen molar-refractivity contribution in [3.63, 3.8) is 0 Å². The van der Waals surface area contributed by atoms with Crippen molar-refractivity contribution in [2.75, 3.05) is 24.7 Å². The molecule has 120 valence electrons. The maximum absolute atomic E-state index is 11.7. The number of sulfonamides is 1. The zero-order valence-corrected chi connectivity index (χ0v) is 13.8. The van der Waals surface area contributed by atoms with E-state index in [2.05, 4.69) is 20.5 Å². The molecule has 0 saturated carbocycles. The molecule has 1 aromatic rings. The molecule has 0 radical (unpaired) electrons. The molecule has 0 aromatic carbocycles. The largest absolute Gasteiger partial charge is 0.337 e. The highest BCUT2D eigenvalue weighted by Gasteiger charge is 2.19. The number of amides is 2. The molecule has 0 unspecified atom stereocenters. The van der Waals surface area contributed by atoms with Crippen LogP contribution in [0.1, 0.15) is 26.5 Å². The Labute approximate surface area is 125 Å². The summed E-state index contributed by atoms with van der Waals surface area (Å²) >= 11 is 0. The summed E-state index contributed by atoms with van der Waals surface area (Å²) < 4.78 is 26.2. The lowest BCUT2D eigenvalue weighted by atomic mass is 9.92. The van der Waals surface area contributed by atoms with Gasteiger partial charge in [0.2, 0.25) is 10.0 Å². The Morgan fingerprint density at radius 2 is 2.00 bits per heavy atom. The molecule has 0 aliphatic carbocycles. The number of aryl methyl sites for hydroxylation is 1. The Bertz CT molecular complexity index is 601. The van der Waals surface area contributed by atoms with E-state index in [9.17, 15) is 13.2 Å². The van der Waals surface area contributed by atoms with Crippen molar-refractivity contribution in [3.05, 3.63) is 11.8 Å². The standard InChI is InChI=1S/C12H23N5O3S/c1-12(2,3)9-8-10(17(5)16-9)15-11(18)14-6-7-21(19,20)13-4/h8,13H,6-7H2,1-5H3,(H2,14,15,18). The van der Waals surface area contributed by atoms with E-state index in [-0.39, 0.29) is 17.7 Å². The van der Waals surface area contributed by atoms with Crippen molar-refractivity contribution in [3.8, 4) is 0 Å². The van der Waals surface area contributed by atoms with Crippen LogP contribution in [-0.4, -0.2) is 43.6 Å². The molecule has 21 heavy (non-hydrogen) atoms. The Morgan fingerprint density at radius 1 is 1.38 bits per heavy atom. The summed E-state index contributed by atoms with van der Waals surface area (Å²) in [5, 5.41) is 9.46. The van der Waals surface area contributed by atoms with E-state index in [1.807, 2.05) is 20.8 Å². The van der Waals surface area contributed by atoms with E-state index in [1.54, 1.807) is 17.8 Å². The molecule has 1 rings (SSSR count). The highest BCUT2D eigenvalue weighted by Crippen LogP contribution is 2.23. The van der Waals surface area contributed by atoms with Crippen molar-refractivity contribution in [2.45, 2.75) is 26.2 Å². The molecule has 9 heteroatoms. The van der Waals surface area contributed by atoms with Gasteiger partial charge in [0.05, 0.1) is 11.4 Å². The minimum atomic E-state index is -3.32. The first kappa shape index (κ1) is 17.4. The van der Waals surface area contributed by atoms with Gasteiger partial charge in [0.1, 0.15) is 5.82 Å². The fourth-order valence-corrected chi connectivity index (χ4v) is 2.09. The quantitative estimate of drug-likeness (QED) is 0.730. The minimum Gasteiger partial charge on any atom is -0.337 e. The first-order chi connectivity index (χ1) is 9.55. The van der Waals surface area contributed by atoms with Crippen molar-refractivity contribution in [1.29, 1.82) is 0 Å². The fraction of sp³-hybridized carbons (Fsp3) is 0.667. The summed E-state index contributed by atoms with van der Waals surface area (Å²) in [4.78, 5) is 11.7. The van der Waals surface area contributed by atoms with Crippen molar-refractivity contribution in [2.24, 2.45) is 7.05 Å². The molecule has 0 atom stereocenters. The summed E-state index contributed by atoms with van der Waals surface area (Å²) in [7, 11) is -0.257. The van der Waals surface area contributed by atoms with Crippen LogP contribution in [0.2, 0.25) is 0 Å². The minimum absolute atomic E-state index is 0.0268. The van der Waals surface area contributed by atoms with Gasteiger partial charge in [-0.05, 0) is 7.05 Å². The van der Waals surface area contributed by atoms with Gasteiger partial charge in [-0.2, -0.15) is 5.10 Å². The zero-order chi connectivity index (χ0) is 16.3. The lowest BCUT2D eigenvalue weighted by Gasteiger charge is -2.13.